The third kappa shape index (κ3) is 38.9. The van der Waals surface area contributed by atoms with E-state index in [0.29, 0.717) is 82.8 Å². The first kappa shape index (κ1) is 125. The lowest BCUT2D eigenvalue weighted by Crippen LogP contribution is -2.40. The number of anilines is 9. The monoisotopic (exact) mass is 2080 g/mol. The minimum absolute atomic E-state index is 0.0963. The number of carbonyl (C=O) groups is 7. The molecule has 9 aromatic rings. The van der Waals surface area contributed by atoms with Gasteiger partial charge in [0.05, 0.1) is 92.5 Å². The summed E-state index contributed by atoms with van der Waals surface area (Å²) < 4.78 is 46.9. The minimum atomic E-state index is -2.92. The lowest BCUT2D eigenvalue weighted by atomic mass is 9.79. The molecule has 0 spiro atoms. The number of ether oxygens (including phenoxy) is 5. The van der Waals surface area contributed by atoms with E-state index in [1.165, 1.54) is 59.3 Å². The molecular formula is C105H154BrN10O16PS5. The van der Waals surface area contributed by atoms with Crippen molar-refractivity contribution in [2.75, 3.05) is 91.9 Å². The van der Waals surface area contributed by atoms with E-state index in [4.69, 9.17) is 43.4 Å². The van der Waals surface area contributed by atoms with Gasteiger partial charge in [-0.05, 0) is 233 Å². The summed E-state index contributed by atoms with van der Waals surface area (Å²) in [5.41, 5.74) is 16.6. The van der Waals surface area contributed by atoms with Gasteiger partial charge in [0.25, 0.3) is 0 Å². The molecule has 762 valence electrons. The standard InChI is InChI=1S/C19H24N2O2S.C18H24N2O2S.C16H22N2OS.C16H20N2OS.C10H17BrO3.C10H18O3.C8H10N2S.C8H19O4P/c1-5-19(6-2,12-11-17(22)23-4)16-13-24-18(21-16)20-15-9-7-14(3)8-10-15;1-5-18(6-2,16(21)22-7-3)15-12-23-17(20-15)19-14-10-8-13(4)9-11-14;2*1-4-16(5-2,11-19)14-10-20-15(18-14)17-13-8-6-12(3)7-9-13;1-4-10(5-2,8(12)7-11)9(13)14-6-3;1-5-10(6-2,8(4)11)9(12)13-7-3;1-6-2-4-7(5-3-6)10-8(9)11;1-5-11-13(9,12-6-2)7-8(3)10-4/h7-13H,5-6H2,1-4H3,(H,20,21);8-12H,5-7H2,1-4H3,(H,19,20);6-10,19H,4-5,11H2,1-3H3,(H,17,18);6-11H,4-5H2,1-3H3,(H,17,18);4-7H2,1-3H3;5-7H2,1-4H3;2-5H,1H3,(H3,9,10,11);8H,5-7H2,1-4H3/b12-11+;;;;;;;. The Morgan fingerprint density at radius 2 is 0.775 bits per heavy atom. The number of aliphatic hydroxyl groups excluding tert-OH is 1. The second kappa shape index (κ2) is 64.9. The quantitative estimate of drug-likeness (QED) is 0.00272. The van der Waals surface area contributed by atoms with Crippen LogP contribution < -0.4 is 32.3 Å². The maximum atomic E-state index is 12.5. The van der Waals surface area contributed by atoms with Crippen LogP contribution in [0.5, 0.6) is 0 Å². The van der Waals surface area contributed by atoms with E-state index in [1.54, 1.807) is 68.8 Å². The van der Waals surface area contributed by atoms with Gasteiger partial charge in [-0.2, -0.15) is 0 Å². The Bertz CT molecular complexity index is 5100. The summed E-state index contributed by atoms with van der Waals surface area (Å²) in [6.07, 6.45) is 13.1. The second-order valence-corrected chi connectivity index (χ2v) is 39.2. The maximum Gasteiger partial charge on any atom is 0.333 e. The third-order valence-corrected chi connectivity index (χ3v) is 30.1. The molecule has 0 radical (unpaired) electrons. The summed E-state index contributed by atoms with van der Waals surface area (Å²) in [4.78, 5) is 100. The van der Waals surface area contributed by atoms with Crippen LogP contribution in [-0.2, 0) is 92.5 Å². The van der Waals surface area contributed by atoms with Gasteiger partial charge >= 0.3 is 31.5 Å². The molecule has 4 aromatic heterocycles. The zero-order valence-electron chi connectivity index (χ0n) is 86.1. The van der Waals surface area contributed by atoms with Gasteiger partial charge in [-0.25, -0.2) is 24.7 Å². The molecule has 1 unspecified atom stereocenters. The molecule has 5 aromatic carbocycles. The lowest BCUT2D eigenvalue weighted by molar-refractivity contribution is -0.161. The number of thiocarbonyl (C=S) groups is 1. The molecule has 0 saturated carbocycles. The number of alkyl halides is 1. The van der Waals surface area contributed by atoms with E-state index in [1.807, 2.05) is 154 Å². The molecule has 0 aliphatic rings. The normalized spacial score (nSPS) is 11.5. The van der Waals surface area contributed by atoms with E-state index in [2.05, 4.69) is 196 Å². The number of aldehydes is 1. The number of hydrogen-bond donors (Lipinski definition) is 7. The molecule has 26 nitrogen and oxygen atoms in total. The molecule has 138 heavy (non-hydrogen) atoms. The van der Waals surface area contributed by atoms with Crippen LogP contribution in [0.3, 0.4) is 0 Å². The van der Waals surface area contributed by atoms with Crippen molar-refractivity contribution in [2.24, 2.45) is 16.6 Å². The number of hydrogen-bond acceptors (Lipinski definition) is 29. The number of halogens is 1. The smallest absolute Gasteiger partial charge is 0.333 e. The molecule has 0 fully saturated rings. The number of thiazole rings is 4. The summed E-state index contributed by atoms with van der Waals surface area (Å²) in [6, 6.07) is 40.7. The average Bonchev–Trinajstić information content (AvgIpc) is 1.66. The topological polar surface area (TPSA) is 359 Å². The molecule has 0 amide bonds. The number of rotatable bonds is 45. The second-order valence-electron chi connectivity index (χ2n) is 32.6. The Morgan fingerprint density at radius 1 is 0.457 bits per heavy atom. The maximum absolute atomic E-state index is 12.5. The molecule has 0 aliphatic heterocycles. The number of aliphatic hydroxyl groups is 1. The Hall–Kier alpha value is -9.31. The largest absolute Gasteiger partial charge is 0.466 e. The van der Waals surface area contributed by atoms with Crippen molar-refractivity contribution in [3.63, 3.8) is 0 Å². The van der Waals surface area contributed by atoms with Crippen molar-refractivity contribution in [3.05, 3.63) is 206 Å². The van der Waals surface area contributed by atoms with Crippen LogP contribution in [0.15, 0.2) is 155 Å². The number of aromatic nitrogens is 4. The number of Topliss-reactive ketones (excluding diaryl/α,β-unsaturated/α-hetero) is 2. The number of methoxy groups -OCH3 is 2. The molecule has 1 atom stereocenters. The number of allylic oxidation sites excluding steroid dienone is 1. The van der Waals surface area contributed by atoms with E-state index < -0.39 is 35.2 Å². The van der Waals surface area contributed by atoms with Crippen LogP contribution in [0.2, 0.25) is 0 Å². The zero-order chi connectivity index (χ0) is 104. The molecule has 9 rings (SSSR count). The van der Waals surface area contributed by atoms with Gasteiger partial charge in [-0.15, -0.1) is 45.3 Å². The van der Waals surface area contributed by atoms with Crippen molar-refractivity contribution in [1.82, 2.24) is 19.9 Å². The van der Waals surface area contributed by atoms with Crippen LogP contribution in [-0.4, -0.2) is 143 Å². The summed E-state index contributed by atoms with van der Waals surface area (Å²) in [6.45, 7) is 48.3. The zero-order valence-corrected chi connectivity index (χ0v) is 92.7. The Labute approximate surface area is 851 Å². The van der Waals surface area contributed by atoms with Gasteiger partial charge in [-0.3, -0.25) is 28.5 Å². The summed E-state index contributed by atoms with van der Waals surface area (Å²) in [5, 5.41) is 37.7. The van der Waals surface area contributed by atoms with Crippen molar-refractivity contribution >= 4 is 177 Å². The van der Waals surface area contributed by atoms with Gasteiger partial charge in [0, 0.05) is 74.0 Å². The highest BCUT2D eigenvalue weighted by molar-refractivity contribution is 9.09. The van der Waals surface area contributed by atoms with Gasteiger partial charge in [0.15, 0.2) is 31.4 Å². The molecule has 0 saturated heterocycles. The van der Waals surface area contributed by atoms with Crippen LogP contribution in [0.1, 0.15) is 259 Å². The van der Waals surface area contributed by atoms with E-state index in [-0.39, 0.29) is 58.3 Å². The predicted molar refractivity (Wildman–Crippen MR) is 579 cm³/mol. The Morgan fingerprint density at radius 3 is 1.06 bits per heavy atom. The number of carbonyl (C=O) groups excluding carboxylic acids is 7. The first-order valence-electron chi connectivity index (χ1n) is 47.4. The number of nitrogens with one attached hydrogen (secondary N) is 5. The number of aryl methyl sites for hydroxylation is 5. The number of benzene rings is 5. The number of nitrogens with two attached hydrogens (primary N) is 1. The summed E-state index contributed by atoms with van der Waals surface area (Å²) >= 11 is 14.0. The van der Waals surface area contributed by atoms with Gasteiger partial charge in [-0.1, -0.05) is 194 Å². The van der Waals surface area contributed by atoms with Crippen LogP contribution in [0, 0.1) is 45.4 Å². The first-order chi connectivity index (χ1) is 65.7. The average molecular weight is 2080 g/mol. The van der Waals surface area contributed by atoms with Gasteiger partial charge in [0.2, 0.25) is 0 Å². The van der Waals surface area contributed by atoms with Gasteiger partial charge in [0.1, 0.15) is 28.3 Å². The SMILES string of the molecule is CCC(/C=C/C(=O)OC)(CC)c1csc(Nc2ccc(C)cc2)n1.CCC(C=O)(CC)c1csc(Nc2ccc(C)cc2)n1.CCC(CC)(CO)c1csc(Nc2ccc(C)cc2)n1.CCOC(=O)C(CC)(CC)C(=O)CBr.CCOC(=O)C(CC)(CC)C(C)=O.CCOC(=O)C(CC)(CC)c1csc(Nc2ccc(C)cc2)n1.CCOP(=O)(CC(C)OC)OCC.Cc1ccc(NC(N)=S)cc1. The highest BCUT2D eigenvalue weighted by Crippen LogP contribution is 2.49. The van der Waals surface area contributed by atoms with Crippen molar-refractivity contribution in [3.8, 4) is 0 Å². The molecule has 8 N–H and O–H groups in total. The Balaban J connectivity index is 0.000000541. The molecular weight excluding hydrogens is 1930 g/mol. The fourth-order valence-corrected chi connectivity index (χ4v) is 20.0. The van der Waals surface area contributed by atoms with Crippen LogP contribution >= 0.6 is 81.1 Å². The molecule has 33 heteroatoms. The highest BCUT2D eigenvalue weighted by Gasteiger charge is 2.44. The number of nitrogens with zero attached hydrogens (tertiary/aromatic N) is 4. The van der Waals surface area contributed by atoms with E-state index >= 15 is 0 Å². The van der Waals surface area contributed by atoms with Crippen molar-refractivity contribution in [2.45, 2.75) is 271 Å². The fraction of sp³-hybridized carbons (Fsp3) is 0.505. The lowest BCUT2D eigenvalue weighted by Gasteiger charge is -2.27. The van der Waals surface area contributed by atoms with E-state index in [0.717, 1.165) is 117 Å². The van der Waals surface area contributed by atoms with Gasteiger partial charge < -0.3 is 75.0 Å². The fourth-order valence-electron chi connectivity index (χ4n) is 14.1. The predicted octanol–water partition coefficient (Wildman–Crippen LogP) is 26.7. The highest BCUT2D eigenvalue weighted by atomic mass is 79.9. The molecule has 0 aliphatic carbocycles. The number of ketones is 2. The number of esters is 4. The Kier molecular flexibility index (Phi) is 58.7. The van der Waals surface area contributed by atoms with Crippen molar-refractivity contribution in [1.29, 1.82) is 0 Å². The third-order valence-electron chi connectivity index (χ3n) is 24.2. The van der Waals surface area contributed by atoms with Crippen LogP contribution in [0.25, 0.3) is 0 Å². The first-order valence-corrected chi connectivity index (χ1v) is 54.2. The van der Waals surface area contributed by atoms with E-state index in [9.17, 15) is 43.2 Å². The van der Waals surface area contributed by atoms with Crippen molar-refractivity contribution < 1.29 is 76.0 Å². The molecule has 0 bridgehead atoms. The summed E-state index contributed by atoms with van der Waals surface area (Å²) in [7, 11) is 0.0469. The minimum Gasteiger partial charge on any atom is -0.466 e. The van der Waals surface area contributed by atoms with Crippen LogP contribution in [0.4, 0.5) is 49.0 Å². The molecule has 4 heterocycles. The summed E-state index contributed by atoms with van der Waals surface area (Å²) in [5.74, 6) is -1.49.